The summed E-state index contributed by atoms with van der Waals surface area (Å²) in [6, 6.07) is 0. The molecule has 0 aromatic carbocycles. The highest BCUT2D eigenvalue weighted by molar-refractivity contribution is 7.98. The second kappa shape index (κ2) is 6.01. The van der Waals surface area contributed by atoms with Crippen molar-refractivity contribution in [3.63, 3.8) is 0 Å². The first-order valence-corrected chi connectivity index (χ1v) is 6.88. The van der Waals surface area contributed by atoms with Crippen LogP contribution in [0.1, 0.15) is 11.6 Å². The second-order valence-electron chi connectivity index (χ2n) is 4.25. The summed E-state index contributed by atoms with van der Waals surface area (Å²) in [5.41, 5.74) is 11.2. The Bertz CT molecular complexity index is 594. The number of thioether (sulfide) groups is 1. The maximum absolute atomic E-state index is 5.67. The van der Waals surface area contributed by atoms with Crippen LogP contribution in [0.25, 0.3) is 0 Å². The lowest BCUT2D eigenvalue weighted by atomic mass is 10.6. The number of hydrogen-bond donors (Lipinski definition) is 2. The van der Waals surface area contributed by atoms with E-state index >= 15 is 0 Å². The number of nitrogens with two attached hydrogens (primary N) is 2. The number of aromatic nitrogens is 6. The van der Waals surface area contributed by atoms with E-state index in [2.05, 4.69) is 25.1 Å². The molecule has 0 bridgehead atoms. The van der Waals surface area contributed by atoms with E-state index in [1.165, 1.54) is 11.8 Å². The molecule has 9 nitrogen and oxygen atoms in total. The molecule has 0 amide bonds. The Hall–Kier alpha value is -1.94. The van der Waals surface area contributed by atoms with Crippen molar-refractivity contribution in [2.75, 3.05) is 24.7 Å². The molecule has 0 saturated heterocycles. The molecule has 20 heavy (non-hydrogen) atoms. The zero-order valence-electron chi connectivity index (χ0n) is 11.6. The molecule has 0 unspecified atom stereocenters. The first kappa shape index (κ1) is 14.5. The summed E-state index contributed by atoms with van der Waals surface area (Å²) in [5, 5.41) is 8.82. The summed E-state index contributed by atoms with van der Waals surface area (Å²) in [6.07, 6.45) is 0. The molecule has 0 aliphatic carbocycles. The van der Waals surface area contributed by atoms with Crippen molar-refractivity contribution in [3.05, 3.63) is 11.6 Å². The van der Waals surface area contributed by atoms with Gasteiger partial charge in [0.1, 0.15) is 11.6 Å². The molecule has 2 aromatic heterocycles. The van der Waals surface area contributed by atoms with E-state index < -0.39 is 0 Å². The van der Waals surface area contributed by atoms with Crippen LogP contribution in [-0.4, -0.2) is 43.8 Å². The molecular weight excluding hydrogens is 278 g/mol. The predicted molar refractivity (Wildman–Crippen MR) is 77.0 cm³/mol. The van der Waals surface area contributed by atoms with Crippen LogP contribution in [0.15, 0.2) is 5.16 Å². The van der Waals surface area contributed by atoms with E-state index in [1.54, 1.807) is 4.90 Å². The molecule has 0 fully saturated rings. The fraction of sp³-hybridized carbons (Fsp3) is 0.500. The number of hydrogen-bond acceptors (Lipinski definition) is 9. The summed E-state index contributed by atoms with van der Waals surface area (Å²) in [6.45, 7) is 0.355. The van der Waals surface area contributed by atoms with Gasteiger partial charge in [0, 0.05) is 21.1 Å². The number of rotatable bonds is 5. The second-order valence-corrected chi connectivity index (χ2v) is 5.20. The van der Waals surface area contributed by atoms with Crippen LogP contribution in [0.3, 0.4) is 0 Å². The van der Waals surface area contributed by atoms with Crippen LogP contribution >= 0.6 is 11.8 Å². The summed E-state index contributed by atoms with van der Waals surface area (Å²) in [5.74, 6) is 2.61. The van der Waals surface area contributed by atoms with Gasteiger partial charge in [-0.1, -0.05) is 11.8 Å². The van der Waals surface area contributed by atoms with Crippen molar-refractivity contribution < 1.29 is 0 Å². The molecule has 108 valence electrons. The fourth-order valence-electron chi connectivity index (χ4n) is 1.47. The molecule has 0 aliphatic rings. The molecule has 4 N–H and O–H groups in total. The molecule has 2 rings (SSSR count). The summed E-state index contributed by atoms with van der Waals surface area (Å²) in [7, 11) is 5.57. The quantitative estimate of drug-likeness (QED) is 0.695. The Balaban J connectivity index is 2.12. The Morgan fingerprint density at radius 1 is 1.20 bits per heavy atom. The number of nitrogens with zero attached hydrogens (tertiary/aromatic N) is 7. The highest BCUT2D eigenvalue weighted by atomic mass is 32.2. The van der Waals surface area contributed by atoms with Gasteiger partial charge in [-0.2, -0.15) is 15.0 Å². The standard InChI is InChI=1S/C10H17N9S/c1-18(2)9-14-6(13-8(12)15-9)5-20-10-17-16-7(4-11)19(10)3/h4-5,11H2,1-3H3,(H2,12,13,14,15). The van der Waals surface area contributed by atoms with Gasteiger partial charge >= 0.3 is 0 Å². The average Bonchev–Trinajstić information content (AvgIpc) is 2.76. The molecule has 10 heteroatoms. The molecule has 0 spiro atoms. The third-order valence-corrected chi connectivity index (χ3v) is 3.54. The van der Waals surface area contributed by atoms with Gasteiger partial charge in [-0.3, -0.25) is 0 Å². The zero-order chi connectivity index (χ0) is 14.7. The van der Waals surface area contributed by atoms with Crippen LogP contribution < -0.4 is 16.4 Å². The SMILES string of the molecule is CN(C)c1nc(N)nc(CSc2nnc(CN)n2C)n1. The smallest absolute Gasteiger partial charge is 0.229 e. The van der Waals surface area contributed by atoms with Crippen LogP contribution in [0.4, 0.5) is 11.9 Å². The summed E-state index contributed by atoms with van der Waals surface area (Å²) in [4.78, 5) is 14.3. The van der Waals surface area contributed by atoms with Gasteiger partial charge in [0.05, 0.1) is 12.3 Å². The third kappa shape index (κ3) is 3.14. The van der Waals surface area contributed by atoms with Crippen molar-refractivity contribution in [2.45, 2.75) is 17.5 Å². The van der Waals surface area contributed by atoms with Crippen LogP contribution in [-0.2, 0) is 19.3 Å². The van der Waals surface area contributed by atoms with E-state index in [0.29, 0.717) is 24.1 Å². The van der Waals surface area contributed by atoms with Crippen molar-refractivity contribution in [2.24, 2.45) is 12.8 Å². The highest BCUT2D eigenvalue weighted by Gasteiger charge is 2.11. The van der Waals surface area contributed by atoms with Crippen LogP contribution in [0, 0.1) is 0 Å². The maximum atomic E-state index is 5.67. The Morgan fingerprint density at radius 3 is 2.55 bits per heavy atom. The van der Waals surface area contributed by atoms with E-state index in [4.69, 9.17) is 11.5 Å². The minimum absolute atomic E-state index is 0.208. The van der Waals surface area contributed by atoms with Crippen molar-refractivity contribution in [3.8, 4) is 0 Å². The van der Waals surface area contributed by atoms with Gasteiger partial charge in [0.25, 0.3) is 0 Å². The van der Waals surface area contributed by atoms with Crippen molar-refractivity contribution >= 4 is 23.7 Å². The van der Waals surface area contributed by atoms with E-state index in [9.17, 15) is 0 Å². The molecule has 0 saturated carbocycles. The Morgan fingerprint density at radius 2 is 1.95 bits per heavy atom. The van der Waals surface area contributed by atoms with E-state index in [0.717, 1.165) is 11.0 Å². The lowest BCUT2D eigenvalue weighted by Gasteiger charge is -2.11. The molecule has 0 radical (unpaired) electrons. The van der Waals surface area contributed by atoms with Gasteiger partial charge in [-0.15, -0.1) is 10.2 Å². The predicted octanol–water partition coefficient (Wildman–Crippen LogP) is -0.601. The summed E-state index contributed by atoms with van der Waals surface area (Å²) < 4.78 is 1.85. The first-order chi connectivity index (χ1) is 9.51. The molecular formula is C10H17N9S. The Kier molecular flexibility index (Phi) is 4.35. The maximum Gasteiger partial charge on any atom is 0.229 e. The van der Waals surface area contributed by atoms with Gasteiger partial charge in [-0.25, -0.2) is 0 Å². The van der Waals surface area contributed by atoms with Gasteiger partial charge in [0.2, 0.25) is 11.9 Å². The van der Waals surface area contributed by atoms with Crippen LogP contribution in [0.2, 0.25) is 0 Å². The summed E-state index contributed by atoms with van der Waals surface area (Å²) >= 11 is 1.47. The zero-order valence-corrected chi connectivity index (χ0v) is 12.4. The normalized spacial score (nSPS) is 10.8. The topological polar surface area (TPSA) is 125 Å². The van der Waals surface area contributed by atoms with Crippen LogP contribution in [0.5, 0.6) is 0 Å². The van der Waals surface area contributed by atoms with Crippen molar-refractivity contribution in [1.29, 1.82) is 0 Å². The molecule has 2 aromatic rings. The van der Waals surface area contributed by atoms with Gasteiger partial charge in [0.15, 0.2) is 5.16 Å². The number of nitrogen functional groups attached to an aromatic ring is 1. The largest absolute Gasteiger partial charge is 0.368 e. The number of anilines is 2. The van der Waals surface area contributed by atoms with E-state index in [1.807, 2.05) is 25.7 Å². The fourth-order valence-corrected chi connectivity index (χ4v) is 2.25. The lowest BCUT2D eigenvalue weighted by molar-refractivity contribution is 0.734. The first-order valence-electron chi connectivity index (χ1n) is 5.90. The van der Waals surface area contributed by atoms with Crippen molar-refractivity contribution in [1.82, 2.24) is 29.7 Å². The monoisotopic (exact) mass is 295 g/mol. The highest BCUT2D eigenvalue weighted by Crippen LogP contribution is 2.20. The minimum Gasteiger partial charge on any atom is -0.368 e. The van der Waals surface area contributed by atoms with Gasteiger partial charge in [-0.05, 0) is 0 Å². The Labute approximate surface area is 120 Å². The van der Waals surface area contributed by atoms with Gasteiger partial charge < -0.3 is 20.9 Å². The molecule has 0 aliphatic heterocycles. The molecule has 2 heterocycles. The molecule has 0 atom stereocenters. The average molecular weight is 295 g/mol. The lowest BCUT2D eigenvalue weighted by Crippen LogP contribution is -2.16. The van der Waals surface area contributed by atoms with E-state index in [-0.39, 0.29) is 5.95 Å². The third-order valence-electron chi connectivity index (χ3n) is 2.53. The minimum atomic E-state index is 0.208.